The molecule has 1 aromatic carbocycles. The molecule has 0 aliphatic carbocycles. The summed E-state index contributed by atoms with van der Waals surface area (Å²) in [6.45, 7) is 3.85. The van der Waals surface area contributed by atoms with Gasteiger partial charge in [0, 0.05) is 10.6 Å². The molecule has 126 valence electrons. The van der Waals surface area contributed by atoms with E-state index in [2.05, 4.69) is 15.4 Å². The monoisotopic (exact) mass is 353 g/mol. The van der Waals surface area contributed by atoms with E-state index < -0.39 is 0 Å². The summed E-state index contributed by atoms with van der Waals surface area (Å²) in [5.74, 6) is -0.306. The van der Waals surface area contributed by atoms with Crippen LogP contribution in [0.2, 0.25) is 0 Å². The number of amides is 1. The van der Waals surface area contributed by atoms with Crippen LogP contribution in [0, 0.1) is 13.8 Å². The van der Waals surface area contributed by atoms with Gasteiger partial charge in [0.1, 0.15) is 17.7 Å². The molecule has 0 radical (unpaired) electrons. The first-order valence-corrected chi connectivity index (χ1v) is 8.55. The summed E-state index contributed by atoms with van der Waals surface area (Å²) in [5.41, 5.74) is 1.89. The number of nitrogens with one attached hydrogen (secondary N) is 1. The summed E-state index contributed by atoms with van der Waals surface area (Å²) in [5, 5.41) is 7.99. The highest BCUT2D eigenvalue weighted by Gasteiger charge is 2.17. The van der Waals surface area contributed by atoms with E-state index in [0.29, 0.717) is 11.3 Å². The van der Waals surface area contributed by atoms with Crippen molar-refractivity contribution in [2.24, 2.45) is 0 Å². The average molecular weight is 353 g/mol. The van der Waals surface area contributed by atoms with E-state index in [9.17, 15) is 9.59 Å². The van der Waals surface area contributed by atoms with Crippen molar-refractivity contribution in [3.63, 3.8) is 0 Å². The first kappa shape index (κ1) is 15.5. The van der Waals surface area contributed by atoms with Crippen LogP contribution in [0.3, 0.4) is 0 Å². The lowest BCUT2D eigenvalue weighted by Gasteiger charge is -2.03. The maximum absolute atomic E-state index is 12.5. The predicted molar refractivity (Wildman–Crippen MR) is 97.2 cm³/mol. The Labute approximate surface area is 146 Å². The SMILES string of the molecule is Cc1sc2ncn3c(=O)n(CC(=O)Nc4ccccc4)nc3c2c1C. The molecular formula is C17H15N5O2S. The highest BCUT2D eigenvalue weighted by Crippen LogP contribution is 2.30. The highest BCUT2D eigenvalue weighted by molar-refractivity contribution is 7.18. The molecule has 0 bridgehead atoms. The molecule has 0 atom stereocenters. The third-order valence-corrected chi connectivity index (χ3v) is 5.22. The van der Waals surface area contributed by atoms with Crippen molar-refractivity contribution in [3.05, 3.63) is 57.6 Å². The molecule has 8 heteroatoms. The van der Waals surface area contributed by atoms with E-state index in [0.717, 1.165) is 20.7 Å². The molecule has 3 aromatic heterocycles. The molecule has 0 aliphatic heterocycles. The predicted octanol–water partition coefficient (Wildman–Crippen LogP) is 2.36. The van der Waals surface area contributed by atoms with Gasteiger partial charge in [-0.15, -0.1) is 16.4 Å². The molecule has 3 heterocycles. The zero-order valence-electron chi connectivity index (χ0n) is 13.7. The van der Waals surface area contributed by atoms with Crippen LogP contribution < -0.4 is 11.0 Å². The average Bonchev–Trinajstić information content (AvgIpc) is 3.06. The van der Waals surface area contributed by atoms with Crippen LogP contribution in [-0.2, 0) is 11.3 Å². The van der Waals surface area contributed by atoms with E-state index >= 15 is 0 Å². The van der Waals surface area contributed by atoms with Gasteiger partial charge in [0.25, 0.3) is 0 Å². The fourth-order valence-corrected chi connectivity index (χ4v) is 3.72. The zero-order chi connectivity index (χ0) is 17.6. The number of rotatable bonds is 3. The molecule has 0 spiro atoms. The van der Waals surface area contributed by atoms with Gasteiger partial charge < -0.3 is 5.32 Å². The number of benzene rings is 1. The number of fused-ring (bicyclic) bond motifs is 3. The Hall–Kier alpha value is -3.00. The minimum absolute atomic E-state index is 0.154. The Morgan fingerprint density at radius 1 is 1.24 bits per heavy atom. The lowest BCUT2D eigenvalue weighted by Crippen LogP contribution is -2.28. The van der Waals surface area contributed by atoms with Gasteiger partial charge in [0.2, 0.25) is 5.91 Å². The van der Waals surface area contributed by atoms with Gasteiger partial charge in [-0.05, 0) is 31.5 Å². The number of carbonyl (C=O) groups excluding carboxylic acids is 1. The van der Waals surface area contributed by atoms with Gasteiger partial charge >= 0.3 is 5.69 Å². The third-order valence-electron chi connectivity index (χ3n) is 4.10. The number of nitrogens with zero attached hydrogens (tertiary/aromatic N) is 4. The topological polar surface area (TPSA) is 81.3 Å². The second-order valence-corrected chi connectivity index (χ2v) is 6.96. The molecular weight excluding hydrogens is 338 g/mol. The minimum Gasteiger partial charge on any atom is -0.324 e. The van der Waals surface area contributed by atoms with E-state index in [4.69, 9.17) is 0 Å². The number of thiophene rings is 1. The van der Waals surface area contributed by atoms with E-state index in [-0.39, 0.29) is 18.1 Å². The number of hydrogen-bond donors (Lipinski definition) is 1. The van der Waals surface area contributed by atoms with Gasteiger partial charge in [-0.2, -0.15) is 0 Å². The van der Waals surface area contributed by atoms with Crippen molar-refractivity contribution in [2.75, 3.05) is 5.32 Å². The summed E-state index contributed by atoms with van der Waals surface area (Å²) in [7, 11) is 0. The van der Waals surface area contributed by atoms with Crippen LogP contribution in [0.1, 0.15) is 10.4 Å². The summed E-state index contributed by atoms with van der Waals surface area (Å²) in [6.07, 6.45) is 1.47. The molecule has 0 saturated carbocycles. The molecule has 0 saturated heterocycles. The fourth-order valence-electron chi connectivity index (χ4n) is 2.73. The number of hydrogen-bond acceptors (Lipinski definition) is 5. The van der Waals surface area contributed by atoms with Crippen molar-refractivity contribution in [1.82, 2.24) is 19.2 Å². The standard InChI is InChI=1S/C17H15N5O2S/c1-10-11(2)25-16-14(10)15-20-22(17(24)21(15)9-18-16)8-13(23)19-12-6-4-3-5-7-12/h3-7,9H,8H2,1-2H3,(H,19,23). The molecule has 25 heavy (non-hydrogen) atoms. The number of anilines is 1. The second kappa shape index (κ2) is 5.82. The maximum atomic E-state index is 12.5. The molecule has 0 aliphatic rings. The lowest BCUT2D eigenvalue weighted by atomic mass is 10.2. The van der Waals surface area contributed by atoms with Crippen molar-refractivity contribution in [1.29, 1.82) is 0 Å². The van der Waals surface area contributed by atoms with Crippen LogP contribution in [-0.4, -0.2) is 25.1 Å². The van der Waals surface area contributed by atoms with Crippen LogP contribution in [0.25, 0.3) is 15.9 Å². The summed E-state index contributed by atoms with van der Waals surface area (Å²) >= 11 is 1.57. The minimum atomic E-state index is -0.379. The zero-order valence-corrected chi connectivity index (χ0v) is 14.5. The Morgan fingerprint density at radius 3 is 2.76 bits per heavy atom. The molecule has 4 aromatic rings. The Morgan fingerprint density at radius 2 is 2.00 bits per heavy atom. The molecule has 1 amide bonds. The summed E-state index contributed by atoms with van der Waals surface area (Å²) in [4.78, 5) is 31.1. The van der Waals surface area contributed by atoms with Crippen molar-refractivity contribution in [3.8, 4) is 0 Å². The smallest absolute Gasteiger partial charge is 0.324 e. The normalized spacial score (nSPS) is 11.3. The van der Waals surface area contributed by atoms with Gasteiger partial charge in [0.05, 0.1) is 5.39 Å². The molecule has 0 fully saturated rings. The van der Waals surface area contributed by atoms with Gasteiger partial charge in [-0.3, -0.25) is 4.79 Å². The quantitative estimate of drug-likeness (QED) is 0.613. The van der Waals surface area contributed by atoms with E-state index in [1.54, 1.807) is 23.5 Å². The van der Waals surface area contributed by atoms with Crippen molar-refractivity contribution >= 4 is 38.8 Å². The Kier molecular flexibility index (Phi) is 3.61. The second-order valence-electron chi connectivity index (χ2n) is 5.76. The van der Waals surface area contributed by atoms with Gasteiger partial charge in [-0.25, -0.2) is 18.9 Å². The Bertz CT molecular complexity index is 1160. The highest BCUT2D eigenvalue weighted by atomic mass is 32.1. The molecule has 1 N–H and O–H groups in total. The summed E-state index contributed by atoms with van der Waals surface area (Å²) < 4.78 is 2.55. The van der Waals surface area contributed by atoms with Crippen molar-refractivity contribution in [2.45, 2.75) is 20.4 Å². The van der Waals surface area contributed by atoms with Crippen LogP contribution in [0.4, 0.5) is 5.69 Å². The van der Waals surface area contributed by atoms with Crippen molar-refractivity contribution < 1.29 is 4.79 Å². The van der Waals surface area contributed by atoms with Gasteiger partial charge in [-0.1, -0.05) is 18.2 Å². The van der Waals surface area contributed by atoms with Crippen LogP contribution in [0.15, 0.2) is 41.5 Å². The molecule has 0 unspecified atom stereocenters. The van der Waals surface area contributed by atoms with E-state index in [1.807, 2.05) is 32.0 Å². The van der Waals surface area contributed by atoms with Gasteiger partial charge in [0.15, 0.2) is 5.65 Å². The fraction of sp³-hybridized carbons (Fsp3) is 0.176. The number of carbonyl (C=O) groups is 1. The third kappa shape index (κ3) is 2.60. The van der Waals surface area contributed by atoms with Crippen LogP contribution in [0.5, 0.6) is 0 Å². The summed E-state index contributed by atoms with van der Waals surface area (Å²) in [6, 6.07) is 9.10. The first-order chi connectivity index (χ1) is 12.0. The van der Waals surface area contributed by atoms with E-state index in [1.165, 1.54) is 15.4 Å². The number of para-hydroxylation sites is 1. The molecule has 7 nitrogen and oxygen atoms in total. The molecule has 4 rings (SSSR count). The maximum Gasteiger partial charge on any atom is 0.352 e. The number of aryl methyl sites for hydroxylation is 2. The lowest BCUT2D eigenvalue weighted by molar-refractivity contribution is -0.117. The largest absolute Gasteiger partial charge is 0.352 e. The Balaban J connectivity index is 1.73. The van der Waals surface area contributed by atoms with Crippen LogP contribution >= 0.6 is 11.3 Å². The number of aromatic nitrogens is 4. The first-order valence-electron chi connectivity index (χ1n) is 7.73.